The number of aromatic nitrogens is 4. The average Bonchev–Trinajstić information content (AvgIpc) is 3.12. The van der Waals surface area contributed by atoms with Gasteiger partial charge in [0.05, 0.1) is 11.5 Å². The zero-order valence-corrected chi connectivity index (χ0v) is 14.0. The molecule has 3 aromatic rings. The Morgan fingerprint density at radius 1 is 1.35 bits per heavy atom. The number of nitrogens with one attached hydrogen (secondary N) is 1. The lowest BCUT2D eigenvalue weighted by molar-refractivity contribution is -0.385. The maximum atomic E-state index is 13.2. The number of carbonyl (C=O) groups is 1. The SMILES string of the molecule is Cc1c([N+](=O)[O-])c(C(=O)Nc2ccn(Cc3cccc(F)c3)n2)nn1C. The minimum atomic E-state index is -0.726. The molecule has 0 aliphatic heterocycles. The molecule has 0 spiro atoms. The van der Waals surface area contributed by atoms with Crippen molar-refractivity contribution < 1.29 is 14.1 Å². The van der Waals surface area contributed by atoms with Crippen LogP contribution in [-0.4, -0.2) is 30.4 Å². The van der Waals surface area contributed by atoms with Crippen LogP contribution >= 0.6 is 0 Å². The number of aryl methyl sites for hydroxylation is 1. The molecule has 134 valence electrons. The summed E-state index contributed by atoms with van der Waals surface area (Å²) in [5.41, 5.74) is 0.359. The molecule has 0 saturated carbocycles. The second kappa shape index (κ2) is 6.75. The van der Waals surface area contributed by atoms with E-state index in [4.69, 9.17) is 0 Å². The molecule has 10 heteroatoms. The summed E-state index contributed by atoms with van der Waals surface area (Å²) in [5.74, 6) is -0.860. The van der Waals surface area contributed by atoms with Crippen molar-refractivity contribution in [3.05, 3.63) is 69.4 Å². The Labute approximate surface area is 147 Å². The van der Waals surface area contributed by atoms with E-state index in [1.165, 1.54) is 35.5 Å². The summed E-state index contributed by atoms with van der Waals surface area (Å²) in [6, 6.07) is 7.63. The van der Waals surface area contributed by atoms with Gasteiger partial charge in [-0.1, -0.05) is 12.1 Å². The molecule has 2 aromatic heterocycles. The van der Waals surface area contributed by atoms with Gasteiger partial charge in [0, 0.05) is 19.3 Å². The van der Waals surface area contributed by atoms with Crippen LogP contribution in [0, 0.1) is 22.9 Å². The molecule has 26 heavy (non-hydrogen) atoms. The van der Waals surface area contributed by atoms with Crippen molar-refractivity contribution in [3.8, 4) is 0 Å². The van der Waals surface area contributed by atoms with Crippen LogP contribution in [0.5, 0.6) is 0 Å². The van der Waals surface area contributed by atoms with Crippen LogP contribution in [-0.2, 0) is 13.6 Å². The van der Waals surface area contributed by atoms with Crippen LogP contribution in [0.4, 0.5) is 15.9 Å². The van der Waals surface area contributed by atoms with Gasteiger partial charge in [-0.15, -0.1) is 0 Å². The molecule has 1 N–H and O–H groups in total. The lowest BCUT2D eigenvalue weighted by Crippen LogP contribution is -2.15. The molecule has 9 nitrogen and oxygen atoms in total. The first-order valence-electron chi connectivity index (χ1n) is 7.62. The number of amides is 1. The van der Waals surface area contributed by atoms with E-state index in [1.54, 1.807) is 24.4 Å². The molecule has 1 amide bonds. The Balaban J connectivity index is 1.76. The number of halogens is 1. The molecule has 0 atom stereocenters. The highest BCUT2D eigenvalue weighted by Crippen LogP contribution is 2.22. The van der Waals surface area contributed by atoms with E-state index in [-0.39, 0.29) is 28.7 Å². The zero-order valence-electron chi connectivity index (χ0n) is 14.0. The predicted molar refractivity (Wildman–Crippen MR) is 90.3 cm³/mol. The van der Waals surface area contributed by atoms with Crippen molar-refractivity contribution >= 4 is 17.4 Å². The van der Waals surface area contributed by atoms with Gasteiger partial charge in [0.25, 0.3) is 5.91 Å². The second-order valence-corrected chi connectivity index (χ2v) is 5.65. The molecule has 0 fully saturated rings. The fourth-order valence-corrected chi connectivity index (χ4v) is 2.48. The summed E-state index contributed by atoms with van der Waals surface area (Å²) >= 11 is 0. The van der Waals surface area contributed by atoms with Crippen LogP contribution < -0.4 is 5.32 Å². The van der Waals surface area contributed by atoms with E-state index in [1.807, 2.05) is 0 Å². The van der Waals surface area contributed by atoms with Crippen LogP contribution in [0.2, 0.25) is 0 Å². The number of anilines is 1. The van der Waals surface area contributed by atoms with Crippen molar-refractivity contribution in [1.82, 2.24) is 19.6 Å². The van der Waals surface area contributed by atoms with Crippen LogP contribution in [0.1, 0.15) is 21.7 Å². The van der Waals surface area contributed by atoms with E-state index in [0.29, 0.717) is 12.1 Å². The summed E-state index contributed by atoms with van der Waals surface area (Å²) in [4.78, 5) is 22.9. The number of benzene rings is 1. The second-order valence-electron chi connectivity index (χ2n) is 5.65. The lowest BCUT2D eigenvalue weighted by atomic mass is 10.2. The third kappa shape index (κ3) is 3.43. The van der Waals surface area contributed by atoms with Crippen LogP contribution in [0.25, 0.3) is 0 Å². The highest BCUT2D eigenvalue weighted by Gasteiger charge is 2.29. The third-order valence-electron chi connectivity index (χ3n) is 3.82. The number of hydrogen-bond acceptors (Lipinski definition) is 5. The molecular formula is C16H15FN6O3. The molecule has 0 aliphatic carbocycles. The van der Waals surface area contributed by atoms with Crippen LogP contribution in [0.15, 0.2) is 36.5 Å². The minimum absolute atomic E-state index is 0.212. The molecule has 2 heterocycles. The number of hydrogen-bond donors (Lipinski definition) is 1. The van der Waals surface area contributed by atoms with Gasteiger partial charge in [0.1, 0.15) is 11.5 Å². The van der Waals surface area contributed by atoms with Crippen molar-refractivity contribution in [2.24, 2.45) is 7.05 Å². The Kier molecular flexibility index (Phi) is 4.48. The molecule has 0 radical (unpaired) electrons. The average molecular weight is 358 g/mol. The summed E-state index contributed by atoms with van der Waals surface area (Å²) in [6.07, 6.45) is 1.61. The standard InChI is InChI=1S/C16H15FN6O3/c1-10-15(23(25)26)14(20-21(10)2)16(24)18-13-6-7-22(19-13)9-11-4-3-5-12(17)8-11/h3-8H,9H2,1-2H3,(H,18,19,24). The highest BCUT2D eigenvalue weighted by molar-refractivity contribution is 6.05. The zero-order chi connectivity index (χ0) is 18.8. The predicted octanol–water partition coefficient (Wildman–Crippen LogP) is 2.27. The summed E-state index contributed by atoms with van der Waals surface area (Å²) < 4.78 is 16.0. The van der Waals surface area contributed by atoms with Gasteiger partial charge in [0.2, 0.25) is 5.69 Å². The summed E-state index contributed by atoms with van der Waals surface area (Å²) in [6.45, 7) is 1.83. The molecule has 0 unspecified atom stereocenters. The Hall–Kier alpha value is -3.56. The minimum Gasteiger partial charge on any atom is -0.303 e. The first kappa shape index (κ1) is 17.3. The van der Waals surface area contributed by atoms with Gasteiger partial charge in [-0.25, -0.2) is 4.39 Å². The lowest BCUT2D eigenvalue weighted by Gasteiger charge is -2.02. The van der Waals surface area contributed by atoms with Gasteiger partial charge in [-0.05, 0) is 24.6 Å². The van der Waals surface area contributed by atoms with E-state index in [9.17, 15) is 19.3 Å². The van der Waals surface area contributed by atoms with E-state index < -0.39 is 10.8 Å². The number of rotatable bonds is 5. The van der Waals surface area contributed by atoms with Crippen molar-refractivity contribution in [1.29, 1.82) is 0 Å². The van der Waals surface area contributed by atoms with E-state index in [0.717, 1.165) is 0 Å². The van der Waals surface area contributed by atoms with Gasteiger partial charge < -0.3 is 5.32 Å². The molecule has 0 saturated heterocycles. The van der Waals surface area contributed by atoms with Gasteiger partial charge >= 0.3 is 5.69 Å². The highest BCUT2D eigenvalue weighted by atomic mass is 19.1. The molecule has 0 aliphatic rings. The van der Waals surface area contributed by atoms with E-state index in [2.05, 4.69) is 15.5 Å². The largest absolute Gasteiger partial charge is 0.322 e. The van der Waals surface area contributed by atoms with Gasteiger partial charge in [-0.2, -0.15) is 10.2 Å². The smallest absolute Gasteiger partial charge is 0.303 e. The normalized spacial score (nSPS) is 10.7. The Morgan fingerprint density at radius 3 is 2.81 bits per heavy atom. The number of nitro groups is 1. The quantitative estimate of drug-likeness (QED) is 0.556. The Bertz CT molecular complexity index is 994. The summed E-state index contributed by atoms with van der Waals surface area (Å²) in [5, 5.41) is 21.7. The van der Waals surface area contributed by atoms with Gasteiger partial charge in [0.15, 0.2) is 5.82 Å². The molecule has 0 bridgehead atoms. The monoisotopic (exact) mass is 358 g/mol. The maximum Gasteiger partial charge on any atom is 0.322 e. The first-order chi connectivity index (χ1) is 12.3. The Morgan fingerprint density at radius 2 is 2.12 bits per heavy atom. The maximum absolute atomic E-state index is 13.2. The van der Waals surface area contributed by atoms with Crippen molar-refractivity contribution in [2.45, 2.75) is 13.5 Å². The van der Waals surface area contributed by atoms with Crippen molar-refractivity contribution in [2.75, 3.05) is 5.32 Å². The number of nitrogens with zero attached hydrogens (tertiary/aromatic N) is 5. The molecule has 1 aromatic carbocycles. The van der Waals surface area contributed by atoms with Crippen molar-refractivity contribution in [3.63, 3.8) is 0 Å². The van der Waals surface area contributed by atoms with E-state index >= 15 is 0 Å². The molecule has 3 rings (SSSR count). The van der Waals surface area contributed by atoms with Crippen LogP contribution in [0.3, 0.4) is 0 Å². The third-order valence-corrected chi connectivity index (χ3v) is 3.82. The fraction of sp³-hybridized carbons (Fsp3) is 0.188. The topological polar surface area (TPSA) is 108 Å². The first-order valence-corrected chi connectivity index (χ1v) is 7.62. The molecular weight excluding hydrogens is 343 g/mol. The fourth-order valence-electron chi connectivity index (χ4n) is 2.48. The summed E-state index contributed by atoms with van der Waals surface area (Å²) in [7, 11) is 1.52. The van der Waals surface area contributed by atoms with Gasteiger partial charge in [-0.3, -0.25) is 24.3 Å². The number of carbonyl (C=O) groups excluding carboxylic acids is 1.